The van der Waals surface area contributed by atoms with E-state index >= 15 is 0 Å². The molecule has 0 aromatic carbocycles. The second-order valence-corrected chi connectivity index (χ2v) is 3.93. The number of hydrogen-bond donors (Lipinski definition) is 0. The second kappa shape index (κ2) is 4.47. The fourth-order valence-electron chi connectivity index (χ4n) is 1.66. The molecule has 0 bridgehead atoms. The summed E-state index contributed by atoms with van der Waals surface area (Å²) >= 11 is 0. The lowest BCUT2D eigenvalue weighted by molar-refractivity contribution is -0.177. The summed E-state index contributed by atoms with van der Waals surface area (Å²) in [7, 11) is 0. The van der Waals surface area contributed by atoms with Gasteiger partial charge in [0.25, 0.3) is 0 Å². The van der Waals surface area contributed by atoms with E-state index in [1.165, 1.54) is 12.3 Å². The largest absolute Gasteiger partial charge is 0.474 e. The molecular formula is C11H11F3N2O2. The predicted molar refractivity (Wildman–Crippen MR) is 57.3 cm³/mol. The summed E-state index contributed by atoms with van der Waals surface area (Å²) in [6, 6.07) is 3.06. The van der Waals surface area contributed by atoms with E-state index in [0.29, 0.717) is 0 Å². The van der Waals surface area contributed by atoms with Crippen molar-refractivity contribution in [3.63, 3.8) is 0 Å². The molecule has 0 saturated carbocycles. The molecule has 0 radical (unpaired) electrons. The fraction of sp³-hybridized carbons (Fsp3) is 0.455. The van der Waals surface area contributed by atoms with Gasteiger partial charge in [-0.25, -0.2) is 4.98 Å². The van der Waals surface area contributed by atoms with Crippen LogP contribution in [0.1, 0.15) is 6.92 Å². The molecule has 1 atom stereocenters. The van der Waals surface area contributed by atoms with E-state index in [9.17, 15) is 18.0 Å². The lowest BCUT2D eigenvalue weighted by Crippen LogP contribution is -2.45. The highest BCUT2D eigenvalue weighted by atomic mass is 19.4. The molecule has 2 rings (SSSR count). The molecule has 1 aliphatic rings. The van der Waals surface area contributed by atoms with Gasteiger partial charge < -0.3 is 9.64 Å². The third kappa shape index (κ3) is 2.25. The highest BCUT2D eigenvalue weighted by molar-refractivity contribution is 5.96. The molecule has 0 saturated heterocycles. The summed E-state index contributed by atoms with van der Waals surface area (Å²) in [4.78, 5) is 16.8. The van der Waals surface area contributed by atoms with E-state index in [2.05, 4.69) is 4.98 Å². The number of amides is 1. The summed E-state index contributed by atoms with van der Waals surface area (Å²) in [5.41, 5.74) is 0.282. The monoisotopic (exact) mass is 260 g/mol. The fourth-order valence-corrected chi connectivity index (χ4v) is 1.66. The van der Waals surface area contributed by atoms with Crippen molar-refractivity contribution in [2.45, 2.75) is 13.1 Å². The number of rotatable bonds is 1. The number of carbonyl (C=O) groups is 1. The van der Waals surface area contributed by atoms with Gasteiger partial charge in [-0.05, 0) is 19.1 Å². The van der Waals surface area contributed by atoms with Crippen LogP contribution in [0.2, 0.25) is 0 Å². The van der Waals surface area contributed by atoms with Gasteiger partial charge in [0.15, 0.2) is 0 Å². The zero-order chi connectivity index (χ0) is 13.3. The number of anilines is 1. The quantitative estimate of drug-likeness (QED) is 0.775. The Labute approximate surface area is 101 Å². The maximum Gasteiger partial charge on any atom is 0.400 e. The van der Waals surface area contributed by atoms with Crippen LogP contribution in [0.5, 0.6) is 5.88 Å². The Morgan fingerprint density at radius 3 is 2.94 bits per heavy atom. The number of hydrogen-bond acceptors (Lipinski definition) is 3. The molecule has 1 amide bonds. The van der Waals surface area contributed by atoms with Gasteiger partial charge in [0, 0.05) is 6.20 Å². The zero-order valence-corrected chi connectivity index (χ0v) is 9.57. The Morgan fingerprint density at radius 2 is 2.28 bits per heavy atom. The number of fused-ring (bicyclic) bond motifs is 1. The standard InChI is InChI=1S/C11H11F3N2O2/c1-7(11(12,13)14)10(17)16-5-6-18-9-8(16)3-2-4-15-9/h2-4,7H,5-6H2,1H3. The molecular weight excluding hydrogens is 249 g/mol. The Kier molecular flexibility index (Phi) is 3.14. The van der Waals surface area contributed by atoms with Crippen LogP contribution in [-0.4, -0.2) is 30.2 Å². The molecule has 7 heteroatoms. The van der Waals surface area contributed by atoms with Crippen LogP contribution in [0, 0.1) is 5.92 Å². The molecule has 2 heterocycles. The summed E-state index contributed by atoms with van der Waals surface area (Å²) in [6.07, 6.45) is -3.09. The Balaban J connectivity index is 2.28. The van der Waals surface area contributed by atoms with Gasteiger partial charge in [-0.3, -0.25) is 4.79 Å². The van der Waals surface area contributed by atoms with Crippen LogP contribution in [0.4, 0.5) is 18.9 Å². The molecule has 1 aliphatic heterocycles. The van der Waals surface area contributed by atoms with Gasteiger partial charge in [0.05, 0.1) is 6.54 Å². The summed E-state index contributed by atoms with van der Waals surface area (Å²) in [5, 5.41) is 0. The minimum atomic E-state index is -4.54. The number of alkyl halides is 3. The van der Waals surface area contributed by atoms with Crippen LogP contribution >= 0.6 is 0 Å². The first kappa shape index (κ1) is 12.7. The van der Waals surface area contributed by atoms with Gasteiger partial charge >= 0.3 is 6.18 Å². The lowest BCUT2D eigenvalue weighted by atomic mass is 10.1. The van der Waals surface area contributed by atoms with Crippen molar-refractivity contribution in [2.75, 3.05) is 18.1 Å². The van der Waals surface area contributed by atoms with Crippen LogP contribution in [0.15, 0.2) is 18.3 Å². The van der Waals surface area contributed by atoms with E-state index in [1.807, 2.05) is 0 Å². The third-order valence-electron chi connectivity index (χ3n) is 2.72. The number of aromatic nitrogens is 1. The van der Waals surface area contributed by atoms with Crippen molar-refractivity contribution >= 4 is 11.6 Å². The Morgan fingerprint density at radius 1 is 1.56 bits per heavy atom. The number of halogens is 3. The Hall–Kier alpha value is -1.79. The maximum atomic E-state index is 12.5. The van der Waals surface area contributed by atoms with Gasteiger partial charge in [-0.1, -0.05) is 0 Å². The number of pyridine rings is 1. The van der Waals surface area contributed by atoms with Gasteiger partial charge in [-0.2, -0.15) is 13.2 Å². The van der Waals surface area contributed by atoms with E-state index in [4.69, 9.17) is 4.74 Å². The van der Waals surface area contributed by atoms with Crippen LogP contribution < -0.4 is 9.64 Å². The topological polar surface area (TPSA) is 42.4 Å². The average Bonchev–Trinajstić information content (AvgIpc) is 2.35. The van der Waals surface area contributed by atoms with Crippen molar-refractivity contribution in [3.8, 4) is 5.88 Å². The number of nitrogens with zero attached hydrogens (tertiary/aromatic N) is 2. The average molecular weight is 260 g/mol. The molecule has 1 aromatic rings. The van der Waals surface area contributed by atoms with E-state index in [1.54, 1.807) is 6.07 Å². The minimum Gasteiger partial charge on any atom is -0.474 e. The first-order chi connectivity index (χ1) is 8.41. The number of carbonyl (C=O) groups excluding carboxylic acids is 1. The third-order valence-corrected chi connectivity index (χ3v) is 2.72. The van der Waals surface area contributed by atoms with Crippen LogP contribution in [0.25, 0.3) is 0 Å². The van der Waals surface area contributed by atoms with Crippen LogP contribution in [0.3, 0.4) is 0 Å². The highest BCUT2D eigenvalue weighted by Gasteiger charge is 2.44. The molecule has 0 N–H and O–H groups in total. The van der Waals surface area contributed by atoms with E-state index < -0.39 is 18.0 Å². The van der Waals surface area contributed by atoms with E-state index in [-0.39, 0.29) is 24.7 Å². The molecule has 98 valence electrons. The normalized spacial score (nSPS) is 16.8. The van der Waals surface area contributed by atoms with Gasteiger partial charge in [0.2, 0.25) is 11.8 Å². The SMILES string of the molecule is CC(C(=O)N1CCOc2ncccc21)C(F)(F)F. The maximum absolute atomic E-state index is 12.5. The van der Waals surface area contributed by atoms with Crippen molar-refractivity contribution in [1.29, 1.82) is 0 Å². The van der Waals surface area contributed by atoms with Crippen LogP contribution in [-0.2, 0) is 4.79 Å². The molecule has 4 nitrogen and oxygen atoms in total. The molecule has 1 aromatic heterocycles. The van der Waals surface area contributed by atoms with Crippen molar-refractivity contribution < 1.29 is 22.7 Å². The molecule has 0 fully saturated rings. The van der Waals surface area contributed by atoms with Gasteiger partial charge in [0.1, 0.15) is 18.2 Å². The second-order valence-electron chi connectivity index (χ2n) is 3.93. The molecule has 0 aliphatic carbocycles. The smallest absolute Gasteiger partial charge is 0.400 e. The van der Waals surface area contributed by atoms with Crippen molar-refractivity contribution in [1.82, 2.24) is 4.98 Å². The summed E-state index contributed by atoms with van der Waals surface area (Å²) in [5.74, 6) is -2.84. The lowest BCUT2D eigenvalue weighted by Gasteiger charge is -2.30. The van der Waals surface area contributed by atoms with E-state index in [0.717, 1.165) is 11.8 Å². The van der Waals surface area contributed by atoms with Gasteiger partial charge in [-0.15, -0.1) is 0 Å². The molecule has 0 spiro atoms. The highest BCUT2D eigenvalue weighted by Crippen LogP contribution is 2.33. The number of ether oxygens (including phenoxy) is 1. The van der Waals surface area contributed by atoms with Crippen molar-refractivity contribution in [3.05, 3.63) is 18.3 Å². The first-order valence-electron chi connectivity index (χ1n) is 5.37. The molecule has 18 heavy (non-hydrogen) atoms. The first-order valence-corrected chi connectivity index (χ1v) is 5.37. The Bertz CT molecular complexity index is 462. The minimum absolute atomic E-state index is 0.0952. The van der Waals surface area contributed by atoms with Crippen molar-refractivity contribution in [2.24, 2.45) is 5.92 Å². The summed E-state index contributed by atoms with van der Waals surface area (Å²) in [6.45, 7) is 1.09. The summed E-state index contributed by atoms with van der Waals surface area (Å²) < 4.78 is 42.8. The zero-order valence-electron chi connectivity index (χ0n) is 9.57. The molecule has 1 unspecified atom stereocenters. The predicted octanol–water partition coefficient (Wildman–Crippen LogP) is 2.01.